The summed E-state index contributed by atoms with van der Waals surface area (Å²) in [6.07, 6.45) is 2.80. The molecule has 0 fully saturated rings. The van der Waals surface area contributed by atoms with E-state index in [-0.39, 0.29) is 5.69 Å². The molecular weight excluding hydrogens is 206 g/mol. The summed E-state index contributed by atoms with van der Waals surface area (Å²) in [5.41, 5.74) is 2.21. The molecule has 0 amide bonds. The minimum atomic E-state index is -0.406. The topological polar surface area (TPSA) is 79.0 Å². The van der Waals surface area contributed by atoms with Gasteiger partial charge in [0, 0.05) is 29.6 Å². The van der Waals surface area contributed by atoms with Gasteiger partial charge in [0.25, 0.3) is 5.69 Å². The first-order chi connectivity index (χ1) is 7.56. The standard InChI is InChI=1S/C11H11N3O2/c1-8-7-11(14(15)16)9(2)6-10(8)13-5-3-4-12/h3,5-7,13H,1-2H3. The van der Waals surface area contributed by atoms with Crippen LogP contribution in [0.1, 0.15) is 11.1 Å². The van der Waals surface area contributed by atoms with Gasteiger partial charge in [-0.1, -0.05) is 0 Å². The molecule has 0 heterocycles. The first-order valence-corrected chi connectivity index (χ1v) is 4.63. The second kappa shape index (κ2) is 4.94. The van der Waals surface area contributed by atoms with Crippen LogP contribution in [0.4, 0.5) is 11.4 Å². The summed E-state index contributed by atoms with van der Waals surface area (Å²) in [5, 5.41) is 21.9. The van der Waals surface area contributed by atoms with E-state index in [2.05, 4.69) is 5.32 Å². The fourth-order valence-corrected chi connectivity index (χ4v) is 1.32. The lowest BCUT2D eigenvalue weighted by Gasteiger charge is -2.06. The van der Waals surface area contributed by atoms with Crippen LogP contribution >= 0.6 is 0 Å². The van der Waals surface area contributed by atoms with Crippen LogP contribution in [0.25, 0.3) is 0 Å². The number of nitro benzene ring substituents is 1. The number of nitro groups is 1. The van der Waals surface area contributed by atoms with Gasteiger partial charge >= 0.3 is 0 Å². The molecule has 5 heteroatoms. The zero-order chi connectivity index (χ0) is 12.1. The summed E-state index contributed by atoms with van der Waals surface area (Å²) >= 11 is 0. The van der Waals surface area contributed by atoms with Gasteiger partial charge in [0.2, 0.25) is 0 Å². The Morgan fingerprint density at radius 2 is 2.12 bits per heavy atom. The number of hydrogen-bond donors (Lipinski definition) is 1. The second-order valence-electron chi connectivity index (χ2n) is 3.32. The normalized spacial score (nSPS) is 10.1. The summed E-state index contributed by atoms with van der Waals surface area (Å²) in [6, 6.07) is 5.05. The third kappa shape index (κ3) is 2.58. The maximum atomic E-state index is 10.7. The maximum Gasteiger partial charge on any atom is 0.272 e. The van der Waals surface area contributed by atoms with Crippen LogP contribution in [0.5, 0.6) is 0 Å². The van der Waals surface area contributed by atoms with Gasteiger partial charge in [0.15, 0.2) is 0 Å². The predicted octanol–water partition coefficient (Wildman–Crippen LogP) is 2.66. The summed E-state index contributed by atoms with van der Waals surface area (Å²) in [5.74, 6) is 0. The summed E-state index contributed by atoms with van der Waals surface area (Å²) in [6.45, 7) is 3.45. The highest BCUT2D eigenvalue weighted by atomic mass is 16.6. The highest BCUT2D eigenvalue weighted by Gasteiger charge is 2.12. The molecule has 0 bridgehead atoms. The first kappa shape index (κ1) is 11.7. The van der Waals surface area contributed by atoms with E-state index in [0.29, 0.717) is 5.56 Å². The molecule has 5 nitrogen and oxygen atoms in total. The van der Waals surface area contributed by atoms with E-state index < -0.39 is 4.92 Å². The Balaban J connectivity index is 3.06. The zero-order valence-corrected chi connectivity index (χ0v) is 9.02. The molecule has 0 spiro atoms. The molecule has 0 aliphatic rings. The van der Waals surface area contributed by atoms with Crippen LogP contribution in [-0.2, 0) is 0 Å². The number of nitrogens with one attached hydrogen (secondary N) is 1. The van der Waals surface area contributed by atoms with Gasteiger partial charge in [0.1, 0.15) is 0 Å². The maximum absolute atomic E-state index is 10.7. The van der Waals surface area contributed by atoms with Gasteiger partial charge in [0.05, 0.1) is 11.0 Å². The minimum absolute atomic E-state index is 0.104. The van der Waals surface area contributed by atoms with Crippen molar-refractivity contribution in [3.63, 3.8) is 0 Å². The van der Waals surface area contributed by atoms with E-state index in [4.69, 9.17) is 5.26 Å². The fourth-order valence-electron chi connectivity index (χ4n) is 1.32. The van der Waals surface area contributed by atoms with Crippen molar-refractivity contribution in [2.24, 2.45) is 0 Å². The van der Waals surface area contributed by atoms with Crippen molar-refractivity contribution in [2.75, 3.05) is 5.32 Å². The number of anilines is 1. The zero-order valence-electron chi connectivity index (χ0n) is 9.02. The quantitative estimate of drug-likeness (QED) is 0.479. The van der Waals surface area contributed by atoms with Crippen molar-refractivity contribution in [3.05, 3.63) is 45.6 Å². The molecule has 0 radical (unpaired) electrons. The summed E-state index contributed by atoms with van der Waals surface area (Å²) in [7, 11) is 0. The molecule has 82 valence electrons. The van der Waals surface area contributed by atoms with Crippen molar-refractivity contribution in [1.82, 2.24) is 0 Å². The van der Waals surface area contributed by atoms with Gasteiger partial charge in [-0.3, -0.25) is 10.1 Å². The average molecular weight is 217 g/mol. The largest absolute Gasteiger partial charge is 0.361 e. The van der Waals surface area contributed by atoms with E-state index >= 15 is 0 Å². The molecule has 0 atom stereocenters. The van der Waals surface area contributed by atoms with Gasteiger partial charge in [-0.15, -0.1) is 0 Å². The number of benzene rings is 1. The van der Waals surface area contributed by atoms with Crippen LogP contribution in [0, 0.1) is 35.3 Å². The van der Waals surface area contributed by atoms with Crippen molar-refractivity contribution >= 4 is 11.4 Å². The predicted molar refractivity (Wildman–Crippen MR) is 60.9 cm³/mol. The molecule has 0 aliphatic carbocycles. The monoisotopic (exact) mass is 217 g/mol. The van der Waals surface area contributed by atoms with Gasteiger partial charge < -0.3 is 5.32 Å². The molecule has 0 unspecified atom stereocenters. The highest BCUT2D eigenvalue weighted by molar-refractivity contribution is 5.60. The Labute approximate surface area is 93.2 Å². The Bertz CT molecular complexity index is 487. The highest BCUT2D eigenvalue weighted by Crippen LogP contribution is 2.25. The molecule has 1 N–H and O–H groups in total. The molecule has 0 aromatic heterocycles. The lowest BCUT2D eigenvalue weighted by molar-refractivity contribution is -0.385. The SMILES string of the molecule is Cc1cc([N+](=O)[O-])c(C)cc1NC=CC#N. The van der Waals surface area contributed by atoms with Gasteiger partial charge in [-0.2, -0.15) is 5.26 Å². The molecule has 0 aliphatic heterocycles. The third-order valence-electron chi connectivity index (χ3n) is 2.14. The Morgan fingerprint density at radius 1 is 1.44 bits per heavy atom. The van der Waals surface area contributed by atoms with Crippen LogP contribution in [0.15, 0.2) is 24.4 Å². The molecule has 0 saturated carbocycles. The van der Waals surface area contributed by atoms with Crippen molar-refractivity contribution in [2.45, 2.75) is 13.8 Å². The smallest absolute Gasteiger partial charge is 0.272 e. The summed E-state index contributed by atoms with van der Waals surface area (Å²) < 4.78 is 0. The fraction of sp³-hybridized carbons (Fsp3) is 0.182. The van der Waals surface area contributed by atoms with E-state index in [9.17, 15) is 10.1 Å². The Morgan fingerprint density at radius 3 is 2.69 bits per heavy atom. The van der Waals surface area contributed by atoms with Crippen LogP contribution in [0.2, 0.25) is 0 Å². The van der Waals surface area contributed by atoms with Gasteiger partial charge in [-0.05, 0) is 25.5 Å². The molecule has 1 aromatic rings. The molecular formula is C11H11N3O2. The van der Waals surface area contributed by atoms with Crippen LogP contribution in [-0.4, -0.2) is 4.92 Å². The van der Waals surface area contributed by atoms with Crippen molar-refractivity contribution in [3.8, 4) is 6.07 Å². The molecule has 0 saturated heterocycles. The molecule has 16 heavy (non-hydrogen) atoms. The van der Waals surface area contributed by atoms with Crippen LogP contribution in [0.3, 0.4) is 0 Å². The number of rotatable bonds is 3. The van der Waals surface area contributed by atoms with Gasteiger partial charge in [-0.25, -0.2) is 0 Å². The van der Waals surface area contributed by atoms with Crippen LogP contribution < -0.4 is 5.32 Å². The third-order valence-corrected chi connectivity index (χ3v) is 2.14. The first-order valence-electron chi connectivity index (χ1n) is 4.63. The number of nitrogens with zero attached hydrogens (tertiary/aromatic N) is 2. The second-order valence-corrected chi connectivity index (χ2v) is 3.32. The Kier molecular flexibility index (Phi) is 3.62. The number of hydrogen-bond acceptors (Lipinski definition) is 4. The molecule has 1 rings (SSSR count). The lowest BCUT2D eigenvalue weighted by atomic mass is 10.1. The van der Waals surface area contributed by atoms with Crippen molar-refractivity contribution < 1.29 is 4.92 Å². The number of allylic oxidation sites excluding steroid dienone is 1. The average Bonchev–Trinajstić information content (AvgIpc) is 2.22. The van der Waals surface area contributed by atoms with E-state index in [0.717, 1.165) is 11.3 Å². The van der Waals surface area contributed by atoms with Crippen molar-refractivity contribution in [1.29, 1.82) is 5.26 Å². The number of nitriles is 1. The summed E-state index contributed by atoms with van der Waals surface area (Å²) in [4.78, 5) is 10.3. The van der Waals surface area contributed by atoms with E-state index in [1.165, 1.54) is 18.3 Å². The Hall–Kier alpha value is -2.35. The van der Waals surface area contributed by atoms with E-state index in [1.54, 1.807) is 19.9 Å². The number of aryl methyl sites for hydroxylation is 2. The molecule has 1 aromatic carbocycles. The lowest BCUT2D eigenvalue weighted by Crippen LogP contribution is -1.96. The van der Waals surface area contributed by atoms with E-state index in [1.807, 2.05) is 6.07 Å². The minimum Gasteiger partial charge on any atom is -0.361 e.